The van der Waals surface area contributed by atoms with Crippen LogP contribution in [0, 0.1) is 0 Å². The molecular formula is C14H12F3NO3S2. The van der Waals surface area contributed by atoms with Crippen molar-refractivity contribution in [1.29, 1.82) is 0 Å². The zero-order chi connectivity index (χ0) is 16.9. The number of pyridine rings is 1. The minimum Gasteiger partial charge on any atom is -0.382 e. The fourth-order valence-electron chi connectivity index (χ4n) is 1.55. The molecule has 0 atom stereocenters. The lowest BCUT2D eigenvalue weighted by Gasteiger charge is -2.08. The molecule has 0 saturated carbocycles. The summed E-state index contributed by atoms with van der Waals surface area (Å²) in [5, 5.41) is 0.313. The number of alkyl halides is 3. The summed E-state index contributed by atoms with van der Waals surface area (Å²) >= 11 is 1.04. The molecule has 0 spiro atoms. The van der Waals surface area contributed by atoms with Gasteiger partial charge in [0.1, 0.15) is 5.75 Å². The van der Waals surface area contributed by atoms with Gasteiger partial charge in [-0.15, -0.1) is 11.8 Å². The molecule has 0 unspecified atom stereocenters. The number of rotatable bonds is 6. The minimum absolute atomic E-state index is 0.119. The van der Waals surface area contributed by atoms with Gasteiger partial charge in [-0.05, 0) is 24.3 Å². The molecule has 9 heteroatoms. The highest BCUT2D eigenvalue weighted by Gasteiger charge is 2.30. The van der Waals surface area contributed by atoms with E-state index in [9.17, 15) is 21.6 Å². The summed E-state index contributed by atoms with van der Waals surface area (Å²) in [6, 6.07) is 10.2. The molecule has 0 aliphatic rings. The SMILES string of the molecule is O=S(=O)(CCSc1ccc(C(F)(F)F)cn1)Oc1ccccc1. The monoisotopic (exact) mass is 363 g/mol. The van der Waals surface area contributed by atoms with Gasteiger partial charge < -0.3 is 4.18 Å². The van der Waals surface area contributed by atoms with E-state index < -0.39 is 21.9 Å². The summed E-state index contributed by atoms with van der Waals surface area (Å²) in [7, 11) is -3.76. The smallest absolute Gasteiger partial charge is 0.382 e. The first-order chi connectivity index (χ1) is 10.8. The Hall–Kier alpha value is -1.74. The summed E-state index contributed by atoms with van der Waals surface area (Å²) < 4.78 is 65.6. The normalized spacial score (nSPS) is 12.1. The Morgan fingerprint density at radius 3 is 2.35 bits per heavy atom. The Morgan fingerprint density at radius 1 is 1.09 bits per heavy atom. The van der Waals surface area contributed by atoms with Crippen LogP contribution < -0.4 is 4.18 Å². The Morgan fingerprint density at radius 2 is 1.78 bits per heavy atom. The van der Waals surface area contributed by atoms with E-state index in [0.717, 1.165) is 24.0 Å². The third kappa shape index (κ3) is 5.76. The highest BCUT2D eigenvalue weighted by molar-refractivity contribution is 8.00. The van der Waals surface area contributed by atoms with Crippen LogP contribution >= 0.6 is 11.8 Å². The first kappa shape index (κ1) is 17.6. The predicted molar refractivity (Wildman–Crippen MR) is 80.8 cm³/mol. The zero-order valence-electron chi connectivity index (χ0n) is 11.7. The lowest BCUT2D eigenvalue weighted by molar-refractivity contribution is -0.137. The van der Waals surface area contributed by atoms with Crippen molar-refractivity contribution in [1.82, 2.24) is 4.98 Å². The van der Waals surface area contributed by atoms with Crippen LogP contribution in [0.5, 0.6) is 5.75 Å². The lowest BCUT2D eigenvalue weighted by atomic mass is 10.3. The number of thioether (sulfide) groups is 1. The molecule has 1 aromatic carbocycles. The second kappa shape index (κ2) is 7.22. The lowest BCUT2D eigenvalue weighted by Crippen LogP contribution is -2.15. The van der Waals surface area contributed by atoms with Crippen molar-refractivity contribution in [3.8, 4) is 5.75 Å². The summed E-state index contributed by atoms with van der Waals surface area (Å²) in [5.41, 5.74) is -0.845. The summed E-state index contributed by atoms with van der Waals surface area (Å²) in [4.78, 5) is 3.66. The summed E-state index contributed by atoms with van der Waals surface area (Å²) in [6.45, 7) is 0. The van der Waals surface area contributed by atoms with Crippen LogP contribution in [0.4, 0.5) is 13.2 Å². The number of hydrogen-bond donors (Lipinski definition) is 0. The van der Waals surface area contributed by atoms with Crippen molar-refractivity contribution in [2.24, 2.45) is 0 Å². The van der Waals surface area contributed by atoms with Crippen LogP contribution in [-0.2, 0) is 16.3 Å². The van der Waals surface area contributed by atoms with E-state index in [1.807, 2.05) is 0 Å². The van der Waals surface area contributed by atoms with Crippen LogP contribution in [0.15, 0.2) is 53.7 Å². The maximum absolute atomic E-state index is 12.4. The molecule has 2 aromatic rings. The van der Waals surface area contributed by atoms with Crippen molar-refractivity contribution in [3.05, 3.63) is 54.2 Å². The van der Waals surface area contributed by atoms with Crippen molar-refractivity contribution in [2.75, 3.05) is 11.5 Å². The standard InChI is InChI=1S/C14H12F3NO3S2/c15-14(16,17)11-6-7-13(18-10-11)22-8-9-23(19,20)21-12-4-2-1-3-5-12/h1-7,10H,8-9H2. The first-order valence-electron chi connectivity index (χ1n) is 6.39. The Kier molecular flexibility index (Phi) is 5.53. The van der Waals surface area contributed by atoms with Gasteiger partial charge >= 0.3 is 16.3 Å². The van der Waals surface area contributed by atoms with Crippen LogP contribution in [0.25, 0.3) is 0 Å². The van der Waals surface area contributed by atoms with Gasteiger partial charge in [-0.3, -0.25) is 0 Å². The average Bonchev–Trinajstić information content (AvgIpc) is 2.47. The van der Waals surface area contributed by atoms with Gasteiger partial charge in [-0.2, -0.15) is 21.6 Å². The van der Waals surface area contributed by atoms with Gasteiger partial charge in [0.2, 0.25) is 0 Å². The number of nitrogens with zero attached hydrogens (tertiary/aromatic N) is 1. The van der Waals surface area contributed by atoms with Crippen LogP contribution in [0.2, 0.25) is 0 Å². The highest BCUT2D eigenvalue weighted by atomic mass is 32.2. The second-order valence-electron chi connectivity index (χ2n) is 4.39. The largest absolute Gasteiger partial charge is 0.417 e. The molecule has 4 nitrogen and oxygen atoms in total. The molecule has 2 rings (SSSR count). The van der Waals surface area contributed by atoms with E-state index >= 15 is 0 Å². The molecule has 1 aromatic heterocycles. The van der Waals surface area contributed by atoms with E-state index in [4.69, 9.17) is 4.18 Å². The molecule has 0 bridgehead atoms. The number of hydrogen-bond acceptors (Lipinski definition) is 5. The quantitative estimate of drug-likeness (QED) is 0.580. The van der Waals surface area contributed by atoms with Crippen LogP contribution in [-0.4, -0.2) is 24.9 Å². The van der Waals surface area contributed by atoms with Crippen molar-refractivity contribution in [3.63, 3.8) is 0 Å². The number of halogens is 3. The van der Waals surface area contributed by atoms with E-state index in [0.29, 0.717) is 5.03 Å². The van der Waals surface area contributed by atoms with Crippen LogP contribution in [0.3, 0.4) is 0 Å². The number of benzene rings is 1. The average molecular weight is 363 g/mol. The fourth-order valence-corrected chi connectivity index (χ4v) is 3.68. The second-order valence-corrected chi connectivity index (χ2v) is 7.19. The van der Waals surface area contributed by atoms with Crippen molar-refractivity contribution >= 4 is 21.9 Å². The Labute approximate surface area is 135 Å². The zero-order valence-corrected chi connectivity index (χ0v) is 13.3. The molecule has 0 aliphatic carbocycles. The molecular weight excluding hydrogens is 351 g/mol. The molecule has 0 N–H and O–H groups in total. The van der Waals surface area contributed by atoms with Crippen molar-refractivity contribution < 1.29 is 25.8 Å². The first-order valence-corrected chi connectivity index (χ1v) is 8.96. The maximum atomic E-state index is 12.4. The Bertz CT molecular complexity index is 732. The molecule has 23 heavy (non-hydrogen) atoms. The summed E-state index contributed by atoms with van der Waals surface area (Å²) in [6.07, 6.45) is -3.72. The number of aromatic nitrogens is 1. The molecule has 0 aliphatic heterocycles. The van der Waals surface area contributed by atoms with E-state index in [1.54, 1.807) is 18.2 Å². The van der Waals surface area contributed by atoms with Gasteiger partial charge in [0.15, 0.2) is 0 Å². The molecule has 0 radical (unpaired) electrons. The van der Waals surface area contributed by atoms with Crippen LogP contribution in [0.1, 0.15) is 5.56 Å². The number of para-hydroxylation sites is 1. The molecule has 0 saturated heterocycles. The van der Waals surface area contributed by atoms with Gasteiger partial charge in [-0.1, -0.05) is 18.2 Å². The van der Waals surface area contributed by atoms with Gasteiger partial charge in [0.25, 0.3) is 0 Å². The third-order valence-electron chi connectivity index (χ3n) is 2.61. The van der Waals surface area contributed by atoms with E-state index in [-0.39, 0.29) is 17.3 Å². The van der Waals surface area contributed by atoms with Gasteiger partial charge in [0.05, 0.1) is 16.3 Å². The molecule has 0 amide bonds. The molecule has 1 heterocycles. The Balaban J connectivity index is 1.87. The topological polar surface area (TPSA) is 56.3 Å². The van der Waals surface area contributed by atoms with E-state index in [1.165, 1.54) is 18.2 Å². The van der Waals surface area contributed by atoms with Gasteiger partial charge in [0, 0.05) is 11.9 Å². The summed E-state index contributed by atoms with van der Waals surface area (Å²) in [5.74, 6) is 0.0492. The van der Waals surface area contributed by atoms with Crippen molar-refractivity contribution in [2.45, 2.75) is 11.2 Å². The fraction of sp³-hybridized carbons (Fsp3) is 0.214. The maximum Gasteiger partial charge on any atom is 0.417 e. The van der Waals surface area contributed by atoms with E-state index in [2.05, 4.69) is 4.98 Å². The minimum atomic E-state index is -4.44. The molecule has 124 valence electrons. The third-order valence-corrected chi connectivity index (χ3v) is 4.97. The van der Waals surface area contributed by atoms with Gasteiger partial charge in [-0.25, -0.2) is 4.98 Å². The molecule has 0 fully saturated rings. The predicted octanol–water partition coefficient (Wildman–Crippen LogP) is 3.60. The highest BCUT2D eigenvalue weighted by Crippen LogP contribution is 2.29.